The van der Waals surface area contributed by atoms with Crippen molar-refractivity contribution in [1.29, 1.82) is 0 Å². The first-order chi connectivity index (χ1) is 13.0. The Labute approximate surface area is 188 Å². The Bertz CT molecular complexity index is 788. The summed E-state index contributed by atoms with van der Waals surface area (Å²) in [4.78, 5) is 0. The van der Waals surface area contributed by atoms with Gasteiger partial charge in [0.1, 0.15) is 0 Å². The van der Waals surface area contributed by atoms with Crippen molar-refractivity contribution >= 4 is 5.57 Å². The van der Waals surface area contributed by atoms with Gasteiger partial charge in [0.15, 0.2) is 0 Å². The van der Waals surface area contributed by atoms with E-state index in [-0.39, 0.29) is 24.0 Å². The Morgan fingerprint density at radius 3 is 1.75 bits per heavy atom. The fraction of sp³-hybridized carbons (Fsp3) is 0.462. The molecule has 2 bridgehead atoms. The largest absolute Gasteiger partial charge is 1.00 e. The fourth-order valence-electron chi connectivity index (χ4n) is 5.57. The SMILES string of the molecule is Cc1ccccc1C(=C[C@H]1C[C@H]2CCC[C@@H](C1)[N+]2(C)C)c1ccccc1C.[I-]. The van der Waals surface area contributed by atoms with E-state index in [0.717, 1.165) is 12.1 Å². The van der Waals surface area contributed by atoms with Gasteiger partial charge in [-0.25, -0.2) is 0 Å². The molecule has 0 spiro atoms. The topological polar surface area (TPSA) is 0 Å². The van der Waals surface area contributed by atoms with E-state index in [1.54, 1.807) is 0 Å². The normalized spacial score (nSPS) is 25.5. The molecule has 2 aromatic rings. The van der Waals surface area contributed by atoms with Crippen molar-refractivity contribution in [3.05, 3.63) is 76.9 Å². The molecule has 0 saturated carbocycles. The predicted molar refractivity (Wildman–Crippen MR) is 116 cm³/mol. The Morgan fingerprint density at radius 1 is 0.821 bits per heavy atom. The lowest BCUT2D eigenvalue weighted by Gasteiger charge is -2.53. The van der Waals surface area contributed by atoms with Gasteiger partial charge < -0.3 is 28.5 Å². The van der Waals surface area contributed by atoms with Gasteiger partial charge in [-0.1, -0.05) is 54.6 Å². The van der Waals surface area contributed by atoms with Crippen LogP contribution in [0.25, 0.3) is 5.57 Å². The predicted octanol–water partition coefficient (Wildman–Crippen LogP) is 3.15. The number of piperidine rings is 2. The van der Waals surface area contributed by atoms with Crippen LogP contribution in [-0.4, -0.2) is 30.7 Å². The molecule has 0 N–H and O–H groups in total. The minimum Gasteiger partial charge on any atom is -1.00 e. The second kappa shape index (κ2) is 8.71. The highest BCUT2D eigenvalue weighted by Crippen LogP contribution is 2.42. The number of hydrogen-bond acceptors (Lipinski definition) is 0. The zero-order valence-corrected chi connectivity index (χ0v) is 19.9. The van der Waals surface area contributed by atoms with E-state index < -0.39 is 0 Å². The third-order valence-electron chi connectivity index (χ3n) is 7.38. The van der Waals surface area contributed by atoms with Crippen LogP contribution in [0.4, 0.5) is 0 Å². The monoisotopic (exact) mass is 487 g/mol. The van der Waals surface area contributed by atoms with Gasteiger partial charge in [-0.15, -0.1) is 0 Å². The molecule has 2 aromatic carbocycles. The molecule has 4 rings (SSSR count). The first kappa shape index (κ1) is 21.6. The molecule has 2 aliphatic rings. The van der Waals surface area contributed by atoms with Crippen molar-refractivity contribution in [1.82, 2.24) is 0 Å². The molecule has 2 saturated heterocycles. The molecule has 0 amide bonds. The molecule has 3 atom stereocenters. The number of fused-ring (bicyclic) bond motifs is 2. The number of nitrogens with zero attached hydrogens (tertiary/aromatic N) is 1. The summed E-state index contributed by atoms with van der Waals surface area (Å²) in [6.07, 6.45) is 9.54. The zero-order chi connectivity index (χ0) is 19.0. The van der Waals surface area contributed by atoms with Crippen molar-refractivity contribution in [3.63, 3.8) is 0 Å². The number of halogens is 1. The molecule has 2 fully saturated rings. The molecule has 0 unspecified atom stereocenters. The average Bonchev–Trinajstić information content (AvgIpc) is 2.61. The molecular formula is C26H34IN. The molecule has 0 aromatic heterocycles. The highest BCUT2D eigenvalue weighted by atomic mass is 127. The molecule has 1 nitrogen and oxygen atoms in total. The quantitative estimate of drug-likeness (QED) is 0.461. The first-order valence-corrected chi connectivity index (χ1v) is 10.6. The van der Waals surface area contributed by atoms with E-state index >= 15 is 0 Å². The van der Waals surface area contributed by atoms with Crippen LogP contribution in [0.1, 0.15) is 54.4 Å². The lowest BCUT2D eigenvalue weighted by molar-refractivity contribution is -0.950. The van der Waals surface area contributed by atoms with Crippen LogP contribution >= 0.6 is 0 Å². The van der Waals surface area contributed by atoms with Gasteiger partial charge in [0.2, 0.25) is 0 Å². The summed E-state index contributed by atoms with van der Waals surface area (Å²) in [7, 11) is 4.94. The van der Waals surface area contributed by atoms with Crippen molar-refractivity contribution in [3.8, 4) is 0 Å². The molecule has 0 radical (unpaired) electrons. The van der Waals surface area contributed by atoms with Crippen LogP contribution < -0.4 is 24.0 Å². The second-order valence-corrected chi connectivity index (χ2v) is 9.31. The van der Waals surface area contributed by atoms with Crippen molar-refractivity contribution in [2.45, 2.75) is 58.0 Å². The minimum atomic E-state index is 0. The third-order valence-corrected chi connectivity index (χ3v) is 7.38. The van der Waals surface area contributed by atoms with Crippen LogP contribution in [0.2, 0.25) is 0 Å². The van der Waals surface area contributed by atoms with Gasteiger partial charge in [-0.05, 0) is 66.9 Å². The van der Waals surface area contributed by atoms with Gasteiger partial charge in [0.05, 0.1) is 26.2 Å². The van der Waals surface area contributed by atoms with Crippen LogP contribution in [0.5, 0.6) is 0 Å². The Hall–Kier alpha value is -1.13. The van der Waals surface area contributed by atoms with Crippen LogP contribution in [-0.2, 0) is 0 Å². The van der Waals surface area contributed by atoms with E-state index in [9.17, 15) is 0 Å². The minimum absolute atomic E-state index is 0. The highest BCUT2D eigenvalue weighted by Gasteiger charge is 2.45. The Morgan fingerprint density at radius 2 is 1.29 bits per heavy atom. The maximum atomic E-state index is 2.63. The van der Waals surface area contributed by atoms with Crippen LogP contribution in [0.15, 0.2) is 54.6 Å². The number of allylic oxidation sites excluding steroid dienone is 1. The maximum absolute atomic E-state index is 2.63. The summed E-state index contributed by atoms with van der Waals surface area (Å²) in [5.41, 5.74) is 6.99. The van der Waals surface area contributed by atoms with Gasteiger partial charge in [-0.3, -0.25) is 0 Å². The zero-order valence-electron chi connectivity index (χ0n) is 17.8. The highest BCUT2D eigenvalue weighted by molar-refractivity contribution is 5.82. The maximum Gasteiger partial charge on any atom is 0.0894 e. The Kier molecular flexibility index (Phi) is 6.71. The van der Waals surface area contributed by atoms with Gasteiger partial charge in [0.25, 0.3) is 0 Å². The smallest absolute Gasteiger partial charge is 0.0894 e. The van der Waals surface area contributed by atoms with Gasteiger partial charge >= 0.3 is 0 Å². The second-order valence-electron chi connectivity index (χ2n) is 9.31. The van der Waals surface area contributed by atoms with Gasteiger partial charge in [-0.2, -0.15) is 0 Å². The summed E-state index contributed by atoms with van der Waals surface area (Å²) < 4.78 is 1.24. The molecule has 2 heterocycles. The van der Waals surface area contributed by atoms with Crippen molar-refractivity contribution in [2.24, 2.45) is 5.92 Å². The number of rotatable bonds is 3. The van der Waals surface area contributed by atoms with Crippen molar-refractivity contribution < 1.29 is 28.5 Å². The fourth-order valence-corrected chi connectivity index (χ4v) is 5.57. The summed E-state index contributed by atoms with van der Waals surface area (Å²) in [5.74, 6) is 0.695. The summed E-state index contributed by atoms with van der Waals surface area (Å²) >= 11 is 0. The number of quaternary nitrogens is 1. The lowest BCUT2D eigenvalue weighted by atomic mass is 9.75. The standard InChI is InChI=1S/C26H34N.HI/c1-19-10-5-7-14-24(19)26(25-15-8-6-11-20(25)2)18-21-16-22-12-9-13-23(17-21)27(22,3)4;/h5-8,10-11,14-15,18,21-23H,9,12-13,16-17H2,1-4H3;1H/q+1;/p-1/t21-,22+,23-;. The van der Waals surface area contributed by atoms with E-state index in [1.165, 1.54) is 64.4 Å². The molecular weight excluding hydrogens is 453 g/mol. The van der Waals surface area contributed by atoms with Crippen LogP contribution in [0, 0.1) is 19.8 Å². The molecule has 28 heavy (non-hydrogen) atoms. The van der Waals surface area contributed by atoms with Gasteiger partial charge in [0, 0.05) is 12.8 Å². The molecule has 0 aliphatic carbocycles. The lowest BCUT2D eigenvalue weighted by Crippen LogP contribution is -3.00. The van der Waals surface area contributed by atoms with E-state index in [0.29, 0.717) is 5.92 Å². The van der Waals surface area contributed by atoms with E-state index in [1.807, 2.05) is 0 Å². The summed E-state index contributed by atoms with van der Waals surface area (Å²) in [6, 6.07) is 19.4. The number of aryl methyl sites for hydroxylation is 2. The number of hydrogen-bond donors (Lipinski definition) is 0. The molecule has 2 aliphatic heterocycles. The van der Waals surface area contributed by atoms with E-state index in [2.05, 4.69) is 82.5 Å². The molecule has 2 heteroatoms. The third kappa shape index (κ3) is 4.09. The summed E-state index contributed by atoms with van der Waals surface area (Å²) in [6.45, 7) is 4.49. The molecule has 150 valence electrons. The number of benzene rings is 2. The summed E-state index contributed by atoms with van der Waals surface area (Å²) in [5, 5.41) is 0. The van der Waals surface area contributed by atoms with E-state index in [4.69, 9.17) is 0 Å². The first-order valence-electron chi connectivity index (χ1n) is 10.6. The van der Waals surface area contributed by atoms with Crippen molar-refractivity contribution in [2.75, 3.05) is 14.1 Å². The van der Waals surface area contributed by atoms with Crippen LogP contribution in [0.3, 0.4) is 0 Å². The Balaban J connectivity index is 0.00000225. The average molecular weight is 487 g/mol.